The second-order valence-corrected chi connectivity index (χ2v) is 7.90. The first-order chi connectivity index (χ1) is 10.9. The molecule has 1 aromatic heterocycles. The maximum absolute atomic E-state index is 11.2. The Morgan fingerprint density at radius 2 is 1.96 bits per heavy atom. The van der Waals surface area contributed by atoms with Crippen molar-refractivity contribution in [2.45, 2.75) is 6.92 Å². The molecule has 0 spiro atoms. The summed E-state index contributed by atoms with van der Waals surface area (Å²) in [6, 6.07) is 11.2. The summed E-state index contributed by atoms with van der Waals surface area (Å²) in [6.45, 7) is 4.92. The van der Waals surface area contributed by atoms with Crippen molar-refractivity contribution in [3.63, 3.8) is 0 Å². The summed E-state index contributed by atoms with van der Waals surface area (Å²) in [5, 5.41) is 10.7. The van der Waals surface area contributed by atoms with E-state index in [-0.39, 0.29) is 10.3 Å². The molecular formula is C15H17AsN2O5. The molecule has 0 aliphatic carbocycles. The zero-order chi connectivity index (χ0) is 17.3. The topological polar surface area (TPSA) is 109 Å². The molecule has 1 amide bonds. The molecule has 0 aliphatic rings. The molecule has 0 radical (unpaired) electrons. The quantitative estimate of drug-likeness (QED) is 0.421. The van der Waals surface area contributed by atoms with Gasteiger partial charge in [-0.1, -0.05) is 12.6 Å². The van der Waals surface area contributed by atoms with E-state index in [1.807, 2.05) is 18.2 Å². The van der Waals surface area contributed by atoms with E-state index < -0.39 is 14.2 Å². The molecule has 1 heterocycles. The van der Waals surface area contributed by atoms with Gasteiger partial charge in [-0.2, -0.15) is 0 Å². The summed E-state index contributed by atoms with van der Waals surface area (Å²) in [5.74, 6) is -0.237. The molecule has 1 unspecified atom stereocenters. The van der Waals surface area contributed by atoms with Crippen molar-refractivity contribution < 1.29 is 21.8 Å². The van der Waals surface area contributed by atoms with Crippen molar-refractivity contribution in [2.24, 2.45) is 0 Å². The Labute approximate surface area is 136 Å². The first-order valence-corrected chi connectivity index (χ1v) is 9.77. The number of nitrogens with one attached hydrogen (secondary N) is 1. The number of anilines is 1. The van der Waals surface area contributed by atoms with Gasteiger partial charge in [-0.3, -0.25) is 4.98 Å². The molecule has 0 saturated carbocycles. The second kappa shape index (κ2) is 9.07. The van der Waals surface area contributed by atoms with Crippen molar-refractivity contribution in [1.29, 1.82) is 0 Å². The predicted molar refractivity (Wildman–Crippen MR) is 87.1 cm³/mol. The number of aromatic nitrogens is 1. The molecule has 7 nitrogen and oxygen atoms in total. The van der Waals surface area contributed by atoms with Crippen LogP contribution in [-0.4, -0.2) is 34.4 Å². The van der Waals surface area contributed by atoms with E-state index in [1.54, 1.807) is 12.3 Å². The maximum atomic E-state index is 11.2. The molecule has 122 valence electrons. The first kappa shape index (κ1) is 18.9. The zero-order valence-corrected chi connectivity index (χ0v) is 14.3. The minimum atomic E-state index is -4.76. The fourth-order valence-electron chi connectivity index (χ4n) is 1.48. The van der Waals surface area contributed by atoms with Crippen molar-refractivity contribution in [3.05, 3.63) is 60.9 Å². The summed E-state index contributed by atoms with van der Waals surface area (Å²) in [4.78, 5) is 14.7. The van der Waals surface area contributed by atoms with Crippen molar-refractivity contribution in [2.75, 3.05) is 5.32 Å². The van der Waals surface area contributed by atoms with Crippen LogP contribution in [0.15, 0.2) is 55.2 Å². The summed E-state index contributed by atoms with van der Waals surface area (Å²) in [5.41, 5.74) is 1.42. The van der Waals surface area contributed by atoms with Crippen LogP contribution in [-0.2, 0) is 12.4 Å². The first-order valence-electron chi connectivity index (χ1n) is 6.46. The van der Waals surface area contributed by atoms with Crippen LogP contribution in [0.25, 0.3) is 6.08 Å². The van der Waals surface area contributed by atoms with E-state index in [0.29, 0.717) is 5.69 Å². The summed E-state index contributed by atoms with van der Waals surface area (Å²) >= 11 is -4.76. The van der Waals surface area contributed by atoms with Crippen molar-refractivity contribution in [1.82, 2.24) is 4.98 Å². The zero-order valence-electron chi connectivity index (χ0n) is 12.4. The molecule has 23 heavy (non-hydrogen) atoms. The van der Waals surface area contributed by atoms with Gasteiger partial charge in [-0.15, -0.1) is 0 Å². The Morgan fingerprint density at radius 3 is 2.35 bits per heavy atom. The van der Waals surface area contributed by atoms with Crippen molar-refractivity contribution in [3.8, 4) is 0 Å². The molecule has 2 rings (SSSR count). The normalized spacial score (nSPS) is 12.3. The minimum absolute atomic E-state index is 0.00438. The third-order valence-electron chi connectivity index (χ3n) is 2.52. The average molecular weight is 380 g/mol. The van der Waals surface area contributed by atoms with Gasteiger partial charge in [0, 0.05) is 6.20 Å². The SMILES string of the molecule is C=Cc1ccccn1.CC(=O)Nc1ccc([As](=O)(O)OO)cc1. The Kier molecular flexibility index (Phi) is 7.44. The Balaban J connectivity index is 0.000000277. The van der Waals surface area contributed by atoms with Crippen LogP contribution in [0.4, 0.5) is 5.69 Å². The fourth-order valence-corrected chi connectivity index (χ4v) is 2.78. The van der Waals surface area contributed by atoms with Crippen LogP contribution in [0.5, 0.6) is 0 Å². The molecular weight excluding hydrogens is 363 g/mol. The van der Waals surface area contributed by atoms with E-state index in [1.165, 1.54) is 31.2 Å². The fraction of sp³-hybridized carbons (Fsp3) is 0.0667. The van der Waals surface area contributed by atoms with Gasteiger partial charge in [-0.05, 0) is 18.2 Å². The Morgan fingerprint density at radius 1 is 1.30 bits per heavy atom. The van der Waals surface area contributed by atoms with Crippen LogP contribution >= 0.6 is 0 Å². The third-order valence-corrected chi connectivity index (χ3v) is 4.98. The number of nitrogens with zero attached hydrogens (tertiary/aromatic N) is 1. The summed E-state index contributed by atoms with van der Waals surface area (Å²) < 4.78 is 23.8. The van der Waals surface area contributed by atoms with E-state index >= 15 is 0 Å². The number of hydrogen-bond acceptors (Lipinski definition) is 5. The molecule has 0 bridgehead atoms. The molecule has 0 fully saturated rings. The van der Waals surface area contributed by atoms with Gasteiger partial charge in [0.25, 0.3) is 0 Å². The number of carbonyl (C=O) groups is 1. The summed E-state index contributed by atoms with van der Waals surface area (Å²) in [6.07, 6.45) is 3.47. The predicted octanol–water partition coefficient (Wildman–Crippen LogP) is 1.43. The molecule has 1 atom stereocenters. The van der Waals surface area contributed by atoms with Gasteiger partial charge in [0.15, 0.2) is 0 Å². The number of pyridine rings is 1. The van der Waals surface area contributed by atoms with Gasteiger partial charge in [0.2, 0.25) is 0 Å². The van der Waals surface area contributed by atoms with Crippen LogP contribution in [0.2, 0.25) is 0 Å². The standard InChI is InChI=1S/C8H10AsNO5.C7H7N/c1-6(11)10-8-4-2-7(3-5-8)9(12,13)15-14;1-2-7-5-3-4-6-8-7/h2-5,14H,1H3,(H,10,11)(H,12,13);2-6H,1H2. The van der Waals surface area contributed by atoms with Gasteiger partial charge in [-0.25, -0.2) is 0 Å². The van der Waals surface area contributed by atoms with Crippen LogP contribution < -0.4 is 9.67 Å². The van der Waals surface area contributed by atoms with Crippen molar-refractivity contribution >= 4 is 36.2 Å². The average Bonchev–Trinajstić information content (AvgIpc) is 2.56. The van der Waals surface area contributed by atoms with Crippen LogP contribution in [0.1, 0.15) is 12.6 Å². The molecule has 0 aliphatic heterocycles. The van der Waals surface area contributed by atoms with E-state index in [9.17, 15) is 8.53 Å². The second-order valence-electron chi connectivity index (χ2n) is 4.29. The Hall–Kier alpha value is -2.18. The molecule has 3 N–H and O–H groups in total. The number of amides is 1. The Bertz CT molecular complexity index is 689. The van der Waals surface area contributed by atoms with Gasteiger partial charge in [0.05, 0.1) is 5.69 Å². The summed E-state index contributed by atoms with van der Waals surface area (Å²) in [7, 11) is 0. The van der Waals surface area contributed by atoms with Gasteiger partial charge >= 0.3 is 88.4 Å². The monoisotopic (exact) mass is 380 g/mol. The number of carbonyl (C=O) groups excluding carboxylic acids is 1. The van der Waals surface area contributed by atoms with Gasteiger partial charge < -0.3 is 0 Å². The molecule has 1 aromatic carbocycles. The molecule has 8 heteroatoms. The number of hydrogen-bond donors (Lipinski definition) is 3. The van der Waals surface area contributed by atoms with Crippen LogP contribution in [0.3, 0.4) is 0 Å². The number of benzene rings is 1. The molecule has 2 aromatic rings. The number of rotatable bonds is 4. The van der Waals surface area contributed by atoms with E-state index in [2.05, 4.69) is 20.8 Å². The molecule has 0 saturated heterocycles. The van der Waals surface area contributed by atoms with E-state index in [4.69, 9.17) is 9.35 Å². The van der Waals surface area contributed by atoms with Gasteiger partial charge in [0.1, 0.15) is 0 Å². The van der Waals surface area contributed by atoms with Crippen LogP contribution in [0, 0.1) is 0 Å². The van der Waals surface area contributed by atoms with E-state index in [0.717, 1.165) is 5.69 Å². The third kappa shape index (κ3) is 6.63.